The third kappa shape index (κ3) is 3.14. The van der Waals surface area contributed by atoms with Crippen molar-refractivity contribution in [2.45, 2.75) is 43.7 Å². The van der Waals surface area contributed by atoms with Gasteiger partial charge in [-0.2, -0.15) is 0 Å². The van der Waals surface area contributed by atoms with Crippen LogP contribution in [0.15, 0.2) is 54.6 Å². The van der Waals surface area contributed by atoms with E-state index in [9.17, 15) is 9.59 Å². The monoisotopic (exact) mass is 389 g/mol. The van der Waals surface area contributed by atoms with Crippen LogP contribution in [0.1, 0.15) is 29.5 Å². The maximum Gasteiger partial charge on any atom is 0.325 e. The lowest BCUT2D eigenvalue weighted by molar-refractivity contribution is -0.135. The number of hydrogen-bond donors (Lipinski definition) is 2. The Kier molecular flexibility index (Phi) is 4.63. The summed E-state index contributed by atoms with van der Waals surface area (Å²) in [5.41, 5.74) is 2.76. The molecule has 2 aromatic rings. The lowest BCUT2D eigenvalue weighted by Gasteiger charge is -2.38. The van der Waals surface area contributed by atoms with Crippen molar-refractivity contribution in [3.05, 3.63) is 71.3 Å². The van der Waals surface area contributed by atoms with Crippen LogP contribution in [0.5, 0.6) is 0 Å². The zero-order chi connectivity index (χ0) is 19.8. The molecule has 0 unspecified atom stereocenters. The molecular formula is C24H27N3O2. The fourth-order valence-electron chi connectivity index (χ4n) is 5.43. The van der Waals surface area contributed by atoms with Crippen LogP contribution in [0, 0.1) is 5.92 Å². The Hall–Kier alpha value is -2.66. The molecule has 3 amide bonds. The van der Waals surface area contributed by atoms with Gasteiger partial charge in [0.1, 0.15) is 5.54 Å². The van der Waals surface area contributed by atoms with Crippen LogP contribution in [0.2, 0.25) is 0 Å². The molecule has 150 valence electrons. The first kappa shape index (κ1) is 18.4. The van der Waals surface area contributed by atoms with Crippen molar-refractivity contribution >= 4 is 11.9 Å². The molecule has 5 heteroatoms. The van der Waals surface area contributed by atoms with Gasteiger partial charge in [-0.15, -0.1) is 0 Å². The number of piperidine rings is 1. The average molecular weight is 389 g/mol. The lowest BCUT2D eigenvalue weighted by atomic mass is 9.74. The van der Waals surface area contributed by atoms with Crippen molar-refractivity contribution in [3.63, 3.8) is 0 Å². The van der Waals surface area contributed by atoms with Crippen LogP contribution < -0.4 is 10.6 Å². The van der Waals surface area contributed by atoms with Crippen molar-refractivity contribution in [2.24, 2.45) is 5.92 Å². The second-order valence-electron chi connectivity index (χ2n) is 8.59. The predicted molar refractivity (Wildman–Crippen MR) is 111 cm³/mol. The molecule has 0 saturated carbocycles. The molecule has 5 rings (SSSR count). The first-order valence-electron chi connectivity index (χ1n) is 10.6. The highest BCUT2D eigenvalue weighted by Crippen LogP contribution is 2.38. The number of hydrogen-bond acceptors (Lipinski definition) is 3. The molecule has 0 aromatic heterocycles. The molecule has 0 radical (unpaired) electrons. The molecule has 0 bridgehead atoms. The standard InChI is InChI=1S/C24H27N3O2/c28-22-24(20-10-12-25-13-11-20,16-17-6-2-1-3-7-17)26-23(29)27(22)21-14-18-8-4-5-9-19(18)15-21/h1-9,20-21,25H,10-16H2,(H,26,29)/t24-/m1/s1. The summed E-state index contributed by atoms with van der Waals surface area (Å²) >= 11 is 0. The lowest BCUT2D eigenvalue weighted by Crippen LogP contribution is -2.57. The molecule has 2 fully saturated rings. The van der Waals surface area contributed by atoms with Gasteiger partial charge in [-0.25, -0.2) is 4.79 Å². The molecule has 2 N–H and O–H groups in total. The van der Waals surface area contributed by atoms with Crippen molar-refractivity contribution in [2.75, 3.05) is 13.1 Å². The van der Waals surface area contributed by atoms with Gasteiger partial charge in [-0.05, 0) is 61.4 Å². The third-order valence-electron chi connectivity index (χ3n) is 6.91. The topological polar surface area (TPSA) is 61.4 Å². The summed E-state index contributed by atoms with van der Waals surface area (Å²) in [6.45, 7) is 1.78. The summed E-state index contributed by atoms with van der Waals surface area (Å²) in [6.07, 6.45) is 3.86. The van der Waals surface area contributed by atoms with Crippen LogP contribution in [0.3, 0.4) is 0 Å². The van der Waals surface area contributed by atoms with E-state index in [2.05, 4.69) is 34.9 Å². The minimum absolute atomic E-state index is 0.0314. The quantitative estimate of drug-likeness (QED) is 0.791. The summed E-state index contributed by atoms with van der Waals surface area (Å²) in [5, 5.41) is 6.58. The second-order valence-corrected chi connectivity index (χ2v) is 8.59. The molecule has 1 atom stereocenters. The van der Waals surface area contributed by atoms with Gasteiger partial charge in [0.25, 0.3) is 5.91 Å². The molecule has 0 spiro atoms. The summed E-state index contributed by atoms with van der Waals surface area (Å²) in [4.78, 5) is 28.6. The van der Waals surface area contributed by atoms with Crippen LogP contribution in [0.4, 0.5) is 4.79 Å². The van der Waals surface area contributed by atoms with E-state index in [0.717, 1.165) is 44.3 Å². The largest absolute Gasteiger partial charge is 0.325 e. The smallest absolute Gasteiger partial charge is 0.322 e. The van der Waals surface area contributed by atoms with Crippen molar-refractivity contribution in [1.82, 2.24) is 15.5 Å². The van der Waals surface area contributed by atoms with Crippen molar-refractivity contribution in [3.8, 4) is 0 Å². The van der Waals surface area contributed by atoms with Gasteiger partial charge in [-0.1, -0.05) is 54.6 Å². The molecular weight excluding hydrogens is 362 g/mol. The van der Waals surface area contributed by atoms with Gasteiger partial charge in [0, 0.05) is 12.5 Å². The van der Waals surface area contributed by atoms with Crippen LogP contribution in [-0.4, -0.2) is 41.5 Å². The summed E-state index contributed by atoms with van der Waals surface area (Å²) in [5.74, 6) is 0.116. The second kappa shape index (κ2) is 7.30. The number of nitrogens with zero attached hydrogens (tertiary/aromatic N) is 1. The van der Waals surface area contributed by atoms with Crippen LogP contribution >= 0.6 is 0 Å². The van der Waals surface area contributed by atoms with Gasteiger partial charge < -0.3 is 10.6 Å². The minimum atomic E-state index is -0.838. The van der Waals surface area contributed by atoms with E-state index in [4.69, 9.17) is 0 Å². The van der Waals surface area contributed by atoms with Crippen molar-refractivity contribution in [1.29, 1.82) is 0 Å². The molecule has 3 aliphatic rings. The minimum Gasteiger partial charge on any atom is -0.322 e. The van der Waals surface area contributed by atoms with Crippen LogP contribution in [-0.2, 0) is 24.1 Å². The Morgan fingerprint density at radius 2 is 1.52 bits per heavy atom. The molecule has 2 heterocycles. The Morgan fingerprint density at radius 1 is 0.897 bits per heavy atom. The number of urea groups is 1. The molecule has 29 heavy (non-hydrogen) atoms. The van der Waals surface area contributed by atoms with E-state index >= 15 is 0 Å². The van der Waals surface area contributed by atoms with Gasteiger partial charge in [0.05, 0.1) is 0 Å². The number of rotatable bonds is 4. The van der Waals surface area contributed by atoms with Gasteiger partial charge in [0.2, 0.25) is 0 Å². The van der Waals surface area contributed by atoms with Crippen LogP contribution in [0.25, 0.3) is 0 Å². The maximum atomic E-state index is 13.9. The summed E-state index contributed by atoms with van der Waals surface area (Å²) in [7, 11) is 0. The van der Waals surface area contributed by atoms with E-state index in [-0.39, 0.29) is 23.9 Å². The molecule has 2 saturated heterocycles. The number of fused-ring (bicyclic) bond motifs is 1. The number of imide groups is 1. The Morgan fingerprint density at radius 3 is 2.17 bits per heavy atom. The predicted octanol–water partition coefficient (Wildman–Crippen LogP) is 2.69. The maximum absolute atomic E-state index is 13.9. The summed E-state index contributed by atoms with van der Waals surface area (Å²) < 4.78 is 0. The van der Waals surface area contributed by atoms with E-state index in [1.54, 1.807) is 4.90 Å². The number of amides is 3. The van der Waals surface area contributed by atoms with Gasteiger partial charge >= 0.3 is 6.03 Å². The molecule has 5 nitrogen and oxygen atoms in total. The summed E-state index contributed by atoms with van der Waals surface area (Å²) in [6, 6.07) is 18.1. The van der Waals surface area contributed by atoms with E-state index in [0.29, 0.717) is 6.42 Å². The number of nitrogens with one attached hydrogen (secondary N) is 2. The zero-order valence-corrected chi connectivity index (χ0v) is 16.6. The van der Waals surface area contributed by atoms with Gasteiger partial charge in [-0.3, -0.25) is 9.69 Å². The first-order valence-corrected chi connectivity index (χ1v) is 10.6. The molecule has 2 aromatic carbocycles. The Labute approximate surface area is 171 Å². The average Bonchev–Trinajstić information content (AvgIpc) is 3.28. The van der Waals surface area contributed by atoms with Crippen molar-refractivity contribution < 1.29 is 9.59 Å². The third-order valence-corrected chi connectivity index (χ3v) is 6.91. The highest BCUT2D eigenvalue weighted by Gasteiger charge is 2.57. The number of benzene rings is 2. The molecule has 1 aliphatic carbocycles. The molecule has 2 aliphatic heterocycles. The Bertz CT molecular complexity index is 898. The van der Waals surface area contributed by atoms with Gasteiger partial charge in [0.15, 0.2) is 0 Å². The van der Waals surface area contributed by atoms with E-state index < -0.39 is 5.54 Å². The number of carbonyl (C=O) groups excluding carboxylic acids is 2. The first-order chi connectivity index (χ1) is 14.2. The van der Waals surface area contributed by atoms with E-state index in [1.165, 1.54) is 11.1 Å². The highest BCUT2D eigenvalue weighted by atomic mass is 16.2. The number of carbonyl (C=O) groups is 2. The fourth-order valence-corrected chi connectivity index (χ4v) is 5.43. The highest BCUT2D eigenvalue weighted by molar-refractivity contribution is 6.08. The van der Waals surface area contributed by atoms with E-state index in [1.807, 2.05) is 30.3 Å². The fraction of sp³-hybridized carbons (Fsp3) is 0.417. The zero-order valence-electron chi connectivity index (χ0n) is 16.6. The normalized spacial score (nSPS) is 25.3. The SMILES string of the molecule is O=C1N[C@](Cc2ccccc2)(C2CCNCC2)C(=O)N1C1Cc2ccccc2C1. The Balaban J connectivity index is 1.47.